The minimum atomic E-state index is -0.765. The number of nitrogen functional groups attached to an aromatic ring is 2. The SMILES string of the molecule is CNC(=O)Oc1c(N)nc(-c2nn(Cc3ccncc3)c3c(F)cccc23)nc1N. The lowest BCUT2D eigenvalue weighted by Gasteiger charge is -2.09. The van der Waals surface area contributed by atoms with Gasteiger partial charge in [0, 0.05) is 24.8 Å². The van der Waals surface area contributed by atoms with Crippen LogP contribution >= 0.6 is 0 Å². The standard InChI is InChI=1S/C19H17FN8O2/c1-23-19(29)30-15-16(21)25-18(26-17(15)22)13-11-3-2-4-12(20)14(11)28(27-13)9-10-5-7-24-8-6-10/h2-8H,9H2,1H3,(H,23,29)(H4,21,22,25,26). The molecule has 3 heterocycles. The Morgan fingerprint density at radius 1 is 1.17 bits per heavy atom. The van der Waals surface area contributed by atoms with Crippen molar-refractivity contribution in [1.82, 2.24) is 30.0 Å². The molecule has 152 valence electrons. The van der Waals surface area contributed by atoms with Gasteiger partial charge in [-0.3, -0.25) is 9.67 Å². The molecule has 3 aromatic heterocycles. The minimum absolute atomic E-state index is 0.0818. The number of rotatable bonds is 4. The van der Waals surface area contributed by atoms with E-state index in [9.17, 15) is 9.18 Å². The number of nitrogens with two attached hydrogens (primary N) is 2. The van der Waals surface area contributed by atoms with E-state index in [-0.39, 0.29) is 28.7 Å². The second-order valence-electron chi connectivity index (χ2n) is 6.28. The van der Waals surface area contributed by atoms with Gasteiger partial charge in [0.1, 0.15) is 17.0 Å². The molecule has 4 rings (SSSR count). The number of anilines is 2. The number of carbonyl (C=O) groups excluding carboxylic acids is 1. The molecule has 0 unspecified atom stereocenters. The first-order valence-corrected chi connectivity index (χ1v) is 8.84. The zero-order chi connectivity index (χ0) is 21.3. The van der Waals surface area contributed by atoms with Gasteiger partial charge in [0.05, 0.1) is 6.54 Å². The molecule has 0 aliphatic carbocycles. The zero-order valence-corrected chi connectivity index (χ0v) is 15.8. The van der Waals surface area contributed by atoms with Crippen LogP contribution in [-0.2, 0) is 6.54 Å². The third-order valence-electron chi connectivity index (χ3n) is 4.33. The average molecular weight is 408 g/mol. The second kappa shape index (κ2) is 7.62. The van der Waals surface area contributed by atoms with Crippen molar-refractivity contribution in [3.63, 3.8) is 0 Å². The molecule has 0 bridgehead atoms. The number of para-hydroxylation sites is 1. The van der Waals surface area contributed by atoms with Gasteiger partial charge in [0.25, 0.3) is 0 Å². The lowest BCUT2D eigenvalue weighted by Crippen LogP contribution is -2.23. The van der Waals surface area contributed by atoms with Crippen molar-refractivity contribution in [2.24, 2.45) is 0 Å². The molecule has 0 radical (unpaired) electrons. The molecule has 0 saturated heterocycles. The molecule has 10 nitrogen and oxygen atoms in total. The summed E-state index contributed by atoms with van der Waals surface area (Å²) in [5.74, 6) is -0.812. The predicted molar refractivity (Wildman–Crippen MR) is 108 cm³/mol. The highest BCUT2D eigenvalue weighted by Gasteiger charge is 2.21. The van der Waals surface area contributed by atoms with E-state index in [0.29, 0.717) is 17.6 Å². The third-order valence-corrected chi connectivity index (χ3v) is 4.33. The topological polar surface area (TPSA) is 147 Å². The molecule has 11 heteroatoms. The summed E-state index contributed by atoms with van der Waals surface area (Å²) in [5.41, 5.74) is 13.3. The highest BCUT2D eigenvalue weighted by atomic mass is 19.1. The molecule has 0 fully saturated rings. The fraction of sp³-hybridized carbons (Fsp3) is 0.105. The minimum Gasteiger partial charge on any atom is -0.402 e. The molecule has 1 aromatic carbocycles. The number of nitrogens with one attached hydrogen (secondary N) is 1. The van der Waals surface area contributed by atoms with Crippen molar-refractivity contribution in [2.45, 2.75) is 6.54 Å². The van der Waals surface area contributed by atoms with Gasteiger partial charge in [-0.1, -0.05) is 12.1 Å². The predicted octanol–water partition coefficient (Wildman–Crippen LogP) is 1.96. The van der Waals surface area contributed by atoms with E-state index in [2.05, 4.69) is 25.4 Å². The first kappa shape index (κ1) is 19.1. The molecule has 4 aromatic rings. The summed E-state index contributed by atoms with van der Waals surface area (Å²) in [6.45, 7) is 0.308. The van der Waals surface area contributed by atoms with E-state index in [1.807, 2.05) is 12.1 Å². The van der Waals surface area contributed by atoms with Crippen molar-refractivity contribution < 1.29 is 13.9 Å². The first-order chi connectivity index (χ1) is 14.5. The van der Waals surface area contributed by atoms with Gasteiger partial charge < -0.3 is 21.5 Å². The molecule has 5 N–H and O–H groups in total. The second-order valence-corrected chi connectivity index (χ2v) is 6.28. The van der Waals surface area contributed by atoms with Crippen LogP contribution in [-0.4, -0.2) is 37.9 Å². The van der Waals surface area contributed by atoms with Gasteiger partial charge in [0.2, 0.25) is 5.75 Å². The molecule has 30 heavy (non-hydrogen) atoms. The van der Waals surface area contributed by atoms with Crippen LogP contribution in [0.1, 0.15) is 5.56 Å². The Kier molecular flexibility index (Phi) is 4.84. The molecular formula is C19H17FN8O2. The van der Waals surface area contributed by atoms with Crippen molar-refractivity contribution >= 4 is 28.6 Å². The van der Waals surface area contributed by atoms with Gasteiger partial charge in [-0.2, -0.15) is 5.10 Å². The van der Waals surface area contributed by atoms with Gasteiger partial charge in [-0.25, -0.2) is 19.2 Å². The van der Waals surface area contributed by atoms with E-state index in [0.717, 1.165) is 5.56 Å². The number of ether oxygens (including phenoxy) is 1. The fourth-order valence-electron chi connectivity index (χ4n) is 2.97. The summed E-state index contributed by atoms with van der Waals surface area (Å²) in [4.78, 5) is 23.8. The Bertz CT molecular complexity index is 1220. The molecule has 0 saturated carbocycles. The number of amides is 1. The fourth-order valence-corrected chi connectivity index (χ4v) is 2.97. The maximum absolute atomic E-state index is 14.7. The lowest BCUT2D eigenvalue weighted by molar-refractivity contribution is 0.203. The van der Waals surface area contributed by atoms with Crippen LogP contribution in [0.5, 0.6) is 5.75 Å². The van der Waals surface area contributed by atoms with E-state index >= 15 is 0 Å². The molecule has 0 aliphatic rings. The van der Waals surface area contributed by atoms with Crippen LogP contribution in [0.15, 0.2) is 42.7 Å². The Morgan fingerprint density at radius 3 is 2.53 bits per heavy atom. The first-order valence-electron chi connectivity index (χ1n) is 8.84. The van der Waals surface area contributed by atoms with Gasteiger partial charge >= 0.3 is 6.09 Å². The number of carbonyl (C=O) groups is 1. The maximum Gasteiger partial charge on any atom is 0.412 e. The van der Waals surface area contributed by atoms with Gasteiger partial charge in [-0.05, 0) is 23.8 Å². The number of halogens is 1. The van der Waals surface area contributed by atoms with Crippen LogP contribution < -0.4 is 21.5 Å². The highest BCUT2D eigenvalue weighted by Crippen LogP contribution is 2.32. The summed E-state index contributed by atoms with van der Waals surface area (Å²) >= 11 is 0. The Balaban J connectivity index is 1.84. The largest absolute Gasteiger partial charge is 0.412 e. The van der Waals surface area contributed by atoms with Crippen molar-refractivity contribution in [1.29, 1.82) is 0 Å². The molecule has 0 spiro atoms. The number of nitrogens with zero attached hydrogens (tertiary/aromatic N) is 5. The summed E-state index contributed by atoms with van der Waals surface area (Å²) in [6.07, 6.45) is 2.53. The van der Waals surface area contributed by atoms with Gasteiger partial charge in [0.15, 0.2) is 17.5 Å². The van der Waals surface area contributed by atoms with Crippen molar-refractivity contribution in [3.05, 3.63) is 54.1 Å². The zero-order valence-electron chi connectivity index (χ0n) is 15.8. The maximum atomic E-state index is 14.7. The Hall–Kier alpha value is -4.28. The van der Waals surface area contributed by atoms with E-state index in [4.69, 9.17) is 16.2 Å². The van der Waals surface area contributed by atoms with Crippen LogP contribution in [0.4, 0.5) is 20.8 Å². The van der Waals surface area contributed by atoms with Crippen LogP contribution in [0.2, 0.25) is 0 Å². The van der Waals surface area contributed by atoms with Crippen molar-refractivity contribution in [2.75, 3.05) is 18.5 Å². The Morgan fingerprint density at radius 2 is 1.87 bits per heavy atom. The van der Waals surface area contributed by atoms with Crippen molar-refractivity contribution in [3.8, 4) is 17.3 Å². The Labute approximate surface area is 169 Å². The lowest BCUT2D eigenvalue weighted by atomic mass is 10.2. The molecular weight excluding hydrogens is 391 g/mol. The van der Waals surface area contributed by atoms with E-state index in [1.165, 1.54) is 17.8 Å². The van der Waals surface area contributed by atoms with E-state index < -0.39 is 11.9 Å². The normalized spacial score (nSPS) is 10.9. The molecule has 0 aliphatic heterocycles. The number of hydrogen-bond acceptors (Lipinski definition) is 8. The number of pyridine rings is 1. The summed E-state index contributed by atoms with van der Waals surface area (Å²) in [5, 5.41) is 7.27. The summed E-state index contributed by atoms with van der Waals surface area (Å²) in [7, 11) is 1.39. The smallest absolute Gasteiger partial charge is 0.402 e. The van der Waals surface area contributed by atoms with E-state index in [1.54, 1.807) is 24.5 Å². The molecule has 0 atom stereocenters. The average Bonchev–Trinajstić information content (AvgIpc) is 3.10. The third kappa shape index (κ3) is 3.43. The highest BCUT2D eigenvalue weighted by molar-refractivity contribution is 5.92. The molecule has 1 amide bonds. The summed E-state index contributed by atoms with van der Waals surface area (Å²) in [6, 6.07) is 8.24. The van der Waals surface area contributed by atoms with Crippen LogP contribution in [0.25, 0.3) is 22.4 Å². The van der Waals surface area contributed by atoms with Gasteiger partial charge in [-0.15, -0.1) is 0 Å². The van der Waals surface area contributed by atoms with Crippen LogP contribution in [0.3, 0.4) is 0 Å². The quantitative estimate of drug-likeness (QED) is 0.464. The number of aromatic nitrogens is 5. The van der Waals surface area contributed by atoms with Crippen LogP contribution in [0, 0.1) is 5.82 Å². The monoisotopic (exact) mass is 408 g/mol. The number of fused-ring (bicyclic) bond motifs is 1. The summed E-state index contributed by atoms with van der Waals surface area (Å²) < 4.78 is 21.2. The number of benzene rings is 1. The number of hydrogen-bond donors (Lipinski definition) is 3.